The van der Waals surface area contributed by atoms with E-state index in [-0.39, 0.29) is 17.7 Å². The van der Waals surface area contributed by atoms with Crippen LogP contribution < -0.4 is 4.90 Å². The van der Waals surface area contributed by atoms with Crippen molar-refractivity contribution in [3.05, 3.63) is 29.8 Å². The number of aryl methyl sites for hydroxylation is 1. The summed E-state index contributed by atoms with van der Waals surface area (Å²) in [5.41, 5.74) is 2.02. The fraction of sp³-hybridized carbons (Fsp3) is 0.524. The molecule has 2 unspecified atom stereocenters. The Kier molecular flexibility index (Phi) is 5.95. The number of hydrogen-bond acceptors (Lipinski definition) is 3. The smallest absolute Gasteiger partial charge is 0.228 e. The van der Waals surface area contributed by atoms with E-state index >= 15 is 0 Å². The van der Waals surface area contributed by atoms with Crippen LogP contribution in [0.4, 0.5) is 5.69 Å². The monoisotopic (exact) mass is 354 g/mol. The number of terminal acetylenes is 1. The second-order valence-corrected chi connectivity index (χ2v) is 7.25. The number of hydrogen-bond donors (Lipinski definition) is 0. The van der Waals surface area contributed by atoms with Crippen LogP contribution in [-0.4, -0.2) is 49.6 Å². The van der Waals surface area contributed by atoms with Crippen LogP contribution in [0.25, 0.3) is 0 Å². The Morgan fingerprint density at radius 1 is 1.31 bits per heavy atom. The molecule has 5 heteroatoms. The molecule has 0 saturated carbocycles. The van der Waals surface area contributed by atoms with Crippen molar-refractivity contribution in [2.45, 2.75) is 26.2 Å². The van der Waals surface area contributed by atoms with Gasteiger partial charge in [0.15, 0.2) is 0 Å². The average molecular weight is 354 g/mol. The molecule has 0 spiro atoms. The maximum atomic E-state index is 12.9. The largest absolute Gasteiger partial charge is 0.368 e. The van der Waals surface area contributed by atoms with E-state index < -0.39 is 0 Å². The average Bonchev–Trinajstić information content (AvgIpc) is 3.04. The third-order valence-electron chi connectivity index (χ3n) is 5.19. The molecule has 3 rings (SSSR count). The second-order valence-electron chi connectivity index (χ2n) is 7.25. The summed E-state index contributed by atoms with van der Waals surface area (Å²) < 4.78 is 5.44. The highest BCUT2D eigenvalue weighted by molar-refractivity contribution is 6.00. The molecule has 2 fully saturated rings. The van der Waals surface area contributed by atoms with Gasteiger partial charge in [-0.15, -0.1) is 6.42 Å². The van der Waals surface area contributed by atoms with Crippen molar-refractivity contribution < 1.29 is 14.3 Å². The minimum atomic E-state index is -0.255. The molecule has 0 aromatic heterocycles. The lowest BCUT2D eigenvalue weighted by Crippen LogP contribution is -2.44. The van der Waals surface area contributed by atoms with Gasteiger partial charge in [0.25, 0.3) is 0 Å². The Hall–Kier alpha value is -2.32. The van der Waals surface area contributed by atoms with Crippen LogP contribution in [0.2, 0.25) is 0 Å². The summed E-state index contributed by atoms with van der Waals surface area (Å²) in [6, 6.07) is 7.87. The van der Waals surface area contributed by atoms with Crippen molar-refractivity contribution in [2.24, 2.45) is 11.8 Å². The van der Waals surface area contributed by atoms with Crippen LogP contribution in [0, 0.1) is 31.1 Å². The predicted octanol–water partition coefficient (Wildman–Crippen LogP) is 2.24. The van der Waals surface area contributed by atoms with Crippen LogP contribution in [0.1, 0.15) is 24.8 Å². The Morgan fingerprint density at radius 2 is 2.08 bits per heavy atom. The van der Waals surface area contributed by atoms with E-state index in [1.807, 2.05) is 36.1 Å². The summed E-state index contributed by atoms with van der Waals surface area (Å²) in [6.45, 7) is 4.84. The van der Waals surface area contributed by atoms with Gasteiger partial charge >= 0.3 is 0 Å². The van der Waals surface area contributed by atoms with Crippen LogP contribution in [0.15, 0.2) is 24.3 Å². The number of carbonyl (C=O) groups is 2. The Morgan fingerprint density at radius 3 is 2.81 bits per heavy atom. The molecule has 2 atom stereocenters. The van der Waals surface area contributed by atoms with E-state index in [0.717, 1.165) is 30.6 Å². The summed E-state index contributed by atoms with van der Waals surface area (Å²) in [4.78, 5) is 29.0. The molecule has 138 valence electrons. The predicted molar refractivity (Wildman–Crippen MR) is 101 cm³/mol. The zero-order valence-electron chi connectivity index (χ0n) is 15.3. The maximum Gasteiger partial charge on any atom is 0.228 e. The summed E-state index contributed by atoms with van der Waals surface area (Å²) in [5, 5.41) is 0. The Labute approximate surface area is 155 Å². The minimum absolute atomic E-state index is 0.0260. The molecule has 0 N–H and O–H groups in total. The van der Waals surface area contributed by atoms with Crippen molar-refractivity contribution >= 4 is 17.5 Å². The molecule has 2 heterocycles. The first-order chi connectivity index (χ1) is 12.6. The number of rotatable bonds is 5. The zero-order chi connectivity index (χ0) is 18.5. The van der Waals surface area contributed by atoms with Crippen LogP contribution in [0.5, 0.6) is 0 Å². The molecule has 5 nitrogen and oxygen atoms in total. The highest BCUT2D eigenvalue weighted by atomic mass is 16.5. The molecular weight excluding hydrogens is 328 g/mol. The first-order valence-electron chi connectivity index (χ1n) is 9.25. The number of benzene rings is 1. The first-order valence-corrected chi connectivity index (χ1v) is 9.25. The molecule has 0 radical (unpaired) electrons. The van der Waals surface area contributed by atoms with Gasteiger partial charge in [-0.3, -0.25) is 9.59 Å². The normalized spacial score (nSPS) is 23.2. The third-order valence-corrected chi connectivity index (χ3v) is 5.19. The van der Waals surface area contributed by atoms with Gasteiger partial charge in [-0.25, -0.2) is 0 Å². The standard InChI is InChI=1S/C21H26N2O3/c1-3-11-26-15-17-5-4-10-22(13-17)21(25)18-12-20(24)23(14-18)19-8-6-16(2)7-9-19/h1,6-9,17-18H,4-5,10-15H2,2H3. The summed E-state index contributed by atoms with van der Waals surface area (Å²) in [7, 11) is 0. The molecule has 2 aliphatic heterocycles. The van der Waals surface area contributed by atoms with E-state index in [4.69, 9.17) is 11.2 Å². The van der Waals surface area contributed by atoms with Crippen LogP contribution >= 0.6 is 0 Å². The molecule has 26 heavy (non-hydrogen) atoms. The van der Waals surface area contributed by atoms with Crippen LogP contribution in [0.3, 0.4) is 0 Å². The van der Waals surface area contributed by atoms with Gasteiger partial charge in [-0.05, 0) is 37.8 Å². The van der Waals surface area contributed by atoms with Gasteiger partial charge in [0.2, 0.25) is 11.8 Å². The number of amides is 2. The van der Waals surface area contributed by atoms with Gasteiger partial charge in [0.1, 0.15) is 6.61 Å². The molecular formula is C21H26N2O3. The highest BCUT2D eigenvalue weighted by Gasteiger charge is 2.38. The summed E-state index contributed by atoms with van der Waals surface area (Å²) >= 11 is 0. The zero-order valence-corrected chi connectivity index (χ0v) is 15.3. The summed E-state index contributed by atoms with van der Waals surface area (Å²) in [6.07, 6.45) is 7.52. The topological polar surface area (TPSA) is 49.9 Å². The van der Waals surface area contributed by atoms with Crippen molar-refractivity contribution in [3.8, 4) is 12.3 Å². The quantitative estimate of drug-likeness (QED) is 0.602. The second kappa shape index (κ2) is 8.37. The highest BCUT2D eigenvalue weighted by Crippen LogP contribution is 2.28. The van der Waals surface area contributed by atoms with Gasteiger partial charge in [-0.1, -0.05) is 23.6 Å². The molecule has 2 aliphatic rings. The minimum Gasteiger partial charge on any atom is -0.368 e. The number of anilines is 1. The van der Waals surface area contributed by atoms with E-state index in [0.29, 0.717) is 38.6 Å². The number of ether oxygens (including phenoxy) is 1. The van der Waals surface area contributed by atoms with Crippen molar-refractivity contribution in [3.63, 3.8) is 0 Å². The summed E-state index contributed by atoms with van der Waals surface area (Å²) in [5.74, 6) is 2.66. The number of nitrogens with zero attached hydrogens (tertiary/aromatic N) is 2. The van der Waals surface area contributed by atoms with E-state index in [1.54, 1.807) is 4.90 Å². The van der Waals surface area contributed by atoms with Crippen molar-refractivity contribution in [1.29, 1.82) is 0 Å². The Balaban J connectivity index is 1.59. The lowest BCUT2D eigenvalue weighted by atomic mass is 9.97. The van der Waals surface area contributed by atoms with E-state index in [9.17, 15) is 9.59 Å². The fourth-order valence-electron chi connectivity index (χ4n) is 3.79. The molecule has 0 aliphatic carbocycles. The first kappa shape index (κ1) is 18.5. The lowest BCUT2D eigenvalue weighted by molar-refractivity contribution is -0.138. The molecule has 1 aromatic carbocycles. The van der Waals surface area contributed by atoms with E-state index in [1.165, 1.54) is 0 Å². The van der Waals surface area contributed by atoms with Gasteiger partial charge in [0.05, 0.1) is 12.5 Å². The van der Waals surface area contributed by atoms with Crippen molar-refractivity contribution in [1.82, 2.24) is 4.90 Å². The number of likely N-dealkylation sites (tertiary alicyclic amines) is 1. The van der Waals surface area contributed by atoms with Gasteiger partial charge in [-0.2, -0.15) is 0 Å². The van der Waals surface area contributed by atoms with E-state index in [2.05, 4.69) is 5.92 Å². The van der Waals surface area contributed by atoms with Gasteiger partial charge in [0, 0.05) is 31.7 Å². The lowest BCUT2D eigenvalue weighted by Gasteiger charge is -2.34. The van der Waals surface area contributed by atoms with Crippen molar-refractivity contribution in [2.75, 3.05) is 37.7 Å². The molecule has 0 bridgehead atoms. The SMILES string of the molecule is C#CCOCC1CCCN(C(=O)C2CC(=O)N(c3ccc(C)cc3)C2)C1. The third kappa shape index (κ3) is 4.25. The van der Waals surface area contributed by atoms with Crippen LogP contribution in [-0.2, 0) is 14.3 Å². The van der Waals surface area contributed by atoms with Gasteiger partial charge < -0.3 is 14.5 Å². The fourth-order valence-corrected chi connectivity index (χ4v) is 3.79. The number of carbonyl (C=O) groups excluding carboxylic acids is 2. The molecule has 2 saturated heterocycles. The Bertz CT molecular complexity index is 692. The number of piperidine rings is 1. The molecule has 2 amide bonds. The maximum absolute atomic E-state index is 12.9. The molecule has 1 aromatic rings.